The molecule has 3 N–H and O–H groups in total. The third-order valence-corrected chi connectivity index (χ3v) is 3.88. The van der Waals surface area contributed by atoms with Crippen LogP contribution < -0.4 is 16.0 Å². The van der Waals surface area contributed by atoms with Crippen LogP contribution in [0.5, 0.6) is 0 Å². The smallest absolute Gasteiger partial charge is 0.222 e. The Hall–Kier alpha value is -2.41. The summed E-state index contributed by atoms with van der Waals surface area (Å²) >= 11 is 0. The van der Waals surface area contributed by atoms with Gasteiger partial charge in [0, 0.05) is 19.1 Å². The fourth-order valence-electron chi connectivity index (χ4n) is 2.70. The molecule has 0 unspecified atom stereocenters. The summed E-state index contributed by atoms with van der Waals surface area (Å²) in [5, 5.41) is 3.55. The zero-order valence-electron chi connectivity index (χ0n) is 11.4. The topological polar surface area (TPSA) is 80.2 Å². The van der Waals surface area contributed by atoms with E-state index in [1.54, 1.807) is 12.1 Å². The van der Waals surface area contributed by atoms with Crippen molar-refractivity contribution < 1.29 is 8.81 Å². The van der Waals surface area contributed by atoms with Crippen molar-refractivity contribution in [2.24, 2.45) is 0 Å². The lowest BCUT2D eigenvalue weighted by molar-refractivity contribution is 0.446. The van der Waals surface area contributed by atoms with Crippen LogP contribution in [0.4, 0.5) is 16.2 Å². The summed E-state index contributed by atoms with van der Waals surface area (Å²) in [7, 11) is 1.92. The van der Waals surface area contributed by atoms with Gasteiger partial charge < -0.3 is 20.4 Å². The van der Waals surface area contributed by atoms with Crippen LogP contribution in [0.3, 0.4) is 0 Å². The number of furan rings is 1. The number of hydrogen-bond donors (Lipinski definition) is 2. The molecule has 0 atom stereocenters. The van der Waals surface area contributed by atoms with E-state index in [0.29, 0.717) is 33.9 Å². The average molecular weight is 287 g/mol. The van der Waals surface area contributed by atoms with Gasteiger partial charge in [-0.2, -0.15) is 4.98 Å². The first-order valence-corrected chi connectivity index (χ1v) is 6.74. The number of nitrogens with zero attached hydrogens (tertiary/aromatic N) is 3. The summed E-state index contributed by atoms with van der Waals surface area (Å²) in [6, 6.07) is 5.12. The third-order valence-electron chi connectivity index (χ3n) is 3.88. The van der Waals surface area contributed by atoms with E-state index < -0.39 is 0 Å². The van der Waals surface area contributed by atoms with E-state index in [4.69, 9.17) is 10.2 Å². The summed E-state index contributed by atoms with van der Waals surface area (Å²) in [4.78, 5) is 10.5. The van der Waals surface area contributed by atoms with Crippen LogP contribution in [-0.2, 0) is 0 Å². The van der Waals surface area contributed by atoms with Gasteiger partial charge in [0.1, 0.15) is 16.9 Å². The van der Waals surface area contributed by atoms with Gasteiger partial charge in [-0.25, -0.2) is 9.37 Å². The molecule has 108 valence electrons. The SMILES string of the molecule is CNC1CN(c2nc(N)nc3c2oc2cccc(F)c23)C1. The highest BCUT2D eigenvalue weighted by molar-refractivity contribution is 6.06. The Morgan fingerprint density at radius 1 is 1.38 bits per heavy atom. The zero-order chi connectivity index (χ0) is 14.6. The number of nitrogens with two attached hydrogens (primary N) is 1. The number of anilines is 2. The molecule has 1 aromatic carbocycles. The Labute approximate surface area is 119 Å². The standard InChI is InChI=1S/C14H14FN5O/c1-17-7-5-20(6-7)13-12-11(18-14(16)19-13)10-8(15)3-2-4-9(10)21-12/h2-4,7,17H,5-6H2,1H3,(H2,16,18,19). The van der Waals surface area contributed by atoms with E-state index in [9.17, 15) is 4.39 Å². The molecule has 6 nitrogen and oxygen atoms in total. The largest absolute Gasteiger partial charge is 0.450 e. The van der Waals surface area contributed by atoms with Crippen LogP contribution >= 0.6 is 0 Å². The first-order valence-electron chi connectivity index (χ1n) is 6.74. The molecule has 1 aliphatic heterocycles. The molecule has 3 heterocycles. The normalized spacial score (nSPS) is 15.8. The fraction of sp³-hybridized carbons (Fsp3) is 0.286. The lowest BCUT2D eigenvalue weighted by Crippen LogP contribution is -2.57. The van der Waals surface area contributed by atoms with Crippen LogP contribution in [-0.4, -0.2) is 36.1 Å². The number of likely N-dealkylation sites (N-methyl/N-ethyl adjacent to an activating group) is 1. The first kappa shape index (κ1) is 12.3. The van der Waals surface area contributed by atoms with E-state index in [2.05, 4.69) is 15.3 Å². The quantitative estimate of drug-likeness (QED) is 0.743. The molecule has 2 aromatic heterocycles. The maximum absolute atomic E-state index is 14.0. The van der Waals surface area contributed by atoms with Crippen molar-refractivity contribution >= 4 is 33.8 Å². The van der Waals surface area contributed by atoms with Gasteiger partial charge in [-0.15, -0.1) is 0 Å². The molecule has 1 saturated heterocycles. The first-order chi connectivity index (χ1) is 10.2. The van der Waals surface area contributed by atoms with Crippen LogP contribution in [0.2, 0.25) is 0 Å². The minimum atomic E-state index is -0.369. The molecule has 3 aromatic rings. The molecule has 0 radical (unpaired) electrons. The number of fused-ring (bicyclic) bond motifs is 3. The highest BCUT2D eigenvalue weighted by Gasteiger charge is 2.30. The molecule has 0 spiro atoms. The molecule has 0 saturated carbocycles. The van der Waals surface area contributed by atoms with Crippen molar-refractivity contribution in [3.05, 3.63) is 24.0 Å². The minimum Gasteiger partial charge on any atom is -0.450 e. The van der Waals surface area contributed by atoms with Gasteiger partial charge in [0.15, 0.2) is 11.4 Å². The van der Waals surface area contributed by atoms with Crippen molar-refractivity contribution in [3.8, 4) is 0 Å². The van der Waals surface area contributed by atoms with E-state index in [-0.39, 0.29) is 11.8 Å². The number of nitrogen functional groups attached to an aromatic ring is 1. The lowest BCUT2D eigenvalue weighted by Gasteiger charge is -2.39. The number of nitrogens with one attached hydrogen (secondary N) is 1. The van der Waals surface area contributed by atoms with E-state index >= 15 is 0 Å². The maximum Gasteiger partial charge on any atom is 0.222 e. The highest BCUT2D eigenvalue weighted by atomic mass is 19.1. The number of benzene rings is 1. The number of aromatic nitrogens is 2. The van der Waals surface area contributed by atoms with Crippen LogP contribution in [0.25, 0.3) is 22.1 Å². The summed E-state index contributed by atoms with van der Waals surface area (Å²) < 4.78 is 19.8. The number of hydrogen-bond acceptors (Lipinski definition) is 6. The molecule has 21 heavy (non-hydrogen) atoms. The Bertz CT molecular complexity index is 840. The van der Waals surface area contributed by atoms with Gasteiger partial charge in [0.05, 0.1) is 5.39 Å². The Balaban J connectivity index is 1.95. The van der Waals surface area contributed by atoms with Crippen LogP contribution in [0, 0.1) is 5.82 Å². The summed E-state index contributed by atoms with van der Waals surface area (Å²) in [5.74, 6) is 0.378. The van der Waals surface area contributed by atoms with Crippen molar-refractivity contribution in [1.82, 2.24) is 15.3 Å². The molecular formula is C14H14FN5O. The molecule has 0 bridgehead atoms. The van der Waals surface area contributed by atoms with Crippen LogP contribution in [0.15, 0.2) is 22.6 Å². The molecule has 1 aliphatic rings. The van der Waals surface area contributed by atoms with Crippen molar-refractivity contribution in [1.29, 1.82) is 0 Å². The molecule has 4 rings (SSSR count). The van der Waals surface area contributed by atoms with Gasteiger partial charge in [-0.1, -0.05) is 6.07 Å². The lowest BCUT2D eigenvalue weighted by atomic mass is 10.1. The minimum absolute atomic E-state index is 0.122. The van der Waals surface area contributed by atoms with Gasteiger partial charge >= 0.3 is 0 Å². The Kier molecular flexibility index (Phi) is 2.52. The second kappa shape index (κ2) is 4.29. The van der Waals surface area contributed by atoms with Crippen molar-refractivity contribution in [2.75, 3.05) is 30.8 Å². The van der Waals surface area contributed by atoms with E-state index in [1.165, 1.54) is 6.07 Å². The van der Waals surface area contributed by atoms with Crippen molar-refractivity contribution in [3.63, 3.8) is 0 Å². The average Bonchev–Trinajstić information content (AvgIpc) is 2.77. The maximum atomic E-state index is 14.0. The Morgan fingerprint density at radius 2 is 2.19 bits per heavy atom. The van der Waals surface area contributed by atoms with E-state index in [0.717, 1.165) is 13.1 Å². The predicted octanol–water partition coefficient (Wildman–Crippen LogP) is 1.51. The monoisotopic (exact) mass is 287 g/mol. The second-order valence-corrected chi connectivity index (χ2v) is 5.19. The molecule has 7 heteroatoms. The second-order valence-electron chi connectivity index (χ2n) is 5.19. The van der Waals surface area contributed by atoms with Gasteiger partial charge in [0.25, 0.3) is 0 Å². The molecule has 0 aliphatic carbocycles. The Morgan fingerprint density at radius 3 is 2.95 bits per heavy atom. The highest BCUT2D eigenvalue weighted by Crippen LogP contribution is 2.35. The summed E-state index contributed by atoms with van der Waals surface area (Å²) in [5.41, 5.74) is 7.15. The predicted molar refractivity (Wildman–Crippen MR) is 78.7 cm³/mol. The molecule has 0 amide bonds. The number of rotatable bonds is 2. The summed E-state index contributed by atoms with van der Waals surface area (Å²) in [6.07, 6.45) is 0. The van der Waals surface area contributed by atoms with Gasteiger partial charge in [0.2, 0.25) is 5.95 Å². The molecule has 1 fully saturated rings. The van der Waals surface area contributed by atoms with Crippen molar-refractivity contribution in [2.45, 2.75) is 6.04 Å². The molecular weight excluding hydrogens is 273 g/mol. The van der Waals surface area contributed by atoms with Gasteiger partial charge in [-0.05, 0) is 19.2 Å². The fourth-order valence-corrected chi connectivity index (χ4v) is 2.70. The van der Waals surface area contributed by atoms with Gasteiger partial charge in [-0.3, -0.25) is 0 Å². The number of halogens is 1. The van der Waals surface area contributed by atoms with Crippen LogP contribution in [0.1, 0.15) is 0 Å². The van der Waals surface area contributed by atoms with E-state index in [1.807, 2.05) is 11.9 Å². The summed E-state index contributed by atoms with van der Waals surface area (Å²) in [6.45, 7) is 1.61. The third kappa shape index (κ3) is 1.74. The zero-order valence-corrected chi connectivity index (χ0v) is 11.4.